The summed E-state index contributed by atoms with van der Waals surface area (Å²) in [5.74, 6) is 0.326. The molecule has 5 heteroatoms. The standard InChI is InChI=1S/C13H19N3O2/c14-11-3-1-9(2-4-11)8-16-13(18)10-5-6-15-12(17)7-10/h5-7,9,11H,1-4,8,14H2,(H,15,17)(H,16,18). The number of hydrogen-bond donors (Lipinski definition) is 3. The number of pyridine rings is 1. The van der Waals surface area contributed by atoms with Gasteiger partial charge in [-0.25, -0.2) is 0 Å². The maximum absolute atomic E-state index is 11.8. The van der Waals surface area contributed by atoms with Crippen LogP contribution in [0.2, 0.25) is 0 Å². The number of carbonyl (C=O) groups excluding carboxylic acids is 1. The molecular weight excluding hydrogens is 230 g/mol. The Hall–Kier alpha value is -1.62. The molecule has 18 heavy (non-hydrogen) atoms. The number of nitrogens with one attached hydrogen (secondary N) is 2. The Morgan fingerprint density at radius 2 is 2.11 bits per heavy atom. The fourth-order valence-corrected chi connectivity index (χ4v) is 2.32. The number of H-pyrrole nitrogens is 1. The van der Waals surface area contributed by atoms with Crippen molar-refractivity contribution >= 4 is 5.91 Å². The summed E-state index contributed by atoms with van der Waals surface area (Å²) in [6.07, 6.45) is 5.68. The van der Waals surface area contributed by atoms with Crippen molar-refractivity contribution < 1.29 is 4.79 Å². The monoisotopic (exact) mass is 249 g/mol. The minimum atomic E-state index is -0.258. The van der Waals surface area contributed by atoms with E-state index < -0.39 is 0 Å². The first-order chi connectivity index (χ1) is 8.65. The lowest BCUT2D eigenvalue weighted by molar-refractivity contribution is 0.0943. The molecule has 0 unspecified atom stereocenters. The summed E-state index contributed by atoms with van der Waals surface area (Å²) >= 11 is 0. The molecule has 2 rings (SSSR count). The molecule has 1 heterocycles. The van der Waals surface area contributed by atoms with Crippen LogP contribution in [0.1, 0.15) is 36.0 Å². The summed E-state index contributed by atoms with van der Waals surface area (Å²) in [6.45, 7) is 0.665. The minimum absolute atomic E-state index is 0.184. The predicted octanol–water partition coefficient (Wildman–Crippen LogP) is 0.622. The Balaban J connectivity index is 1.83. The number of aromatic amines is 1. The van der Waals surface area contributed by atoms with Crippen molar-refractivity contribution in [2.45, 2.75) is 31.7 Å². The van der Waals surface area contributed by atoms with Gasteiger partial charge in [0.15, 0.2) is 0 Å². The summed E-state index contributed by atoms with van der Waals surface area (Å²) in [5.41, 5.74) is 5.99. The predicted molar refractivity (Wildman–Crippen MR) is 69.3 cm³/mol. The third-order valence-corrected chi connectivity index (χ3v) is 3.48. The van der Waals surface area contributed by atoms with Crippen LogP contribution in [0.15, 0.2) is 23.1 Å². The molecule has 0 saturated heterocycles. The Morgan fingerprint density at radius 3 is 2.78 bits per heavy atom. The molecule has 1 saturated carbocycles. The Bertz CT molecular complexity index is 461. The van der Waals surface area contributed by atoms with Gasteiger partial charge >= 0.3 is 0 Å². The number of aromatic nitrogens is 1. The van der Waals surface area contributed by atoms with E-state index in [1.54, 1.807) is 6.07 Å². The van der Waals surface area contributed by atoms with Crippen LogP contribution in [0.4, 0.5) is 0 Å². The van der Waals surface area contributed by atoms with Gasteiger partial charge in [-0.1, -0.05) is 0 Å². The molecule has 1 aliphatic carbocycles. The van der Waals surface area contributed by atoms with Crippen molar-refractivity contribution in [1.82, 2.24) is 10.3 Å². The molecule has 1 aromatic heterocycles. The largest absolute Gasteiger partial charge is 0.352 e. The lowest BCUT2D eigenvalue weighted by Crippen LogP contribution is -2.34. The highest BCUT2D eigenvalue weighted by atomic mass is 16.2. The summed E-state index contributed by atoms with van der Waals surface area (Å²) in [5, 5.41) is 2.88. The van der Waals surface area contributed by atoms with Gasteiger partial charge in [0.2, 0.25) is 5.56 Å². The zero-order valence-electron chi connectivity index (χ0n) is 10.3. The third-order valence-electron chi connectivity index (χ3n) is 3.48. The number of nitrogens with two attached hydrogens (primary N) is 1. The van der Waals surface area contributed by atoms with Crippen LogP contribution in [-0.2, 0) is 0 Å². The van der Waals surface area contributed by atoms with Crippen molar-refractivity contribution in [3.8, 4) is 0 Å². The first-order valence-corrected chi connectivity index (χ1v) is 6.37. The van der Waals surface area contributed by atoms with Gasteiger partial charge in [-0.2, -0.15) is 0 Å². The first-order valence-electron chi connectivity index (χ1n) is 6.37. The highest BCUT2D eigenvalue weighted by Gasteiger charge is 2.19. The molecule has 0 spiro atoms. The second kappa shape index (κ2) is 5.82. The molecule has 1 fully saturated rings. The highest BCUT2D eigenvalue weighted by Crippen LogP contribution is 2.22. The first kappa shape index (κ1) is 12.8. The van der Waals surface area contributed by atoms with Crippen LogP contribution >= 0.6 is 0 Å². The average molecular weight is 249 g/mol. The average Bonchev–Trinajstić information content (AvgIpc) is 2.38. The molecule has 0 aromatic carbocycles. The van der Waals surface area contributed by atoms with Crippen LogP contribution < -0.4 is 16.6 Å². The molecule has 0 atom stereocenters. The second-order valence-corrected chi connectivity index (χ2v) is 4.93. The van der Waals surface area contributed by atoms with Gasteiger partial charge in [-0.3, -0.25) is 9.59 Å². The van der Waals surface area contributed by atoms with Crippen LogP contribution in [0.3, 0.4) is 0 Å². The topological polar surface area (TPSA) is 88.0 Å². The molecule has 0 bridgehead atoms. The van der Waals surface area contributed by atoms with E-state index in [2.05, 4.69) is 10.3 Å². The Labute approximate surface area is 106 Å². The lowest BCUT2D eigenvalue weighted by atomic mass is 9.86. The maximum Gasteiger partial charge on any atom is 0.251 e. The molecule has 5 nitrogen and oxygen atoms in total. The van der Waals surface area contributed by atoms with Crippen LogP contribution in [0.25, 0.3) is 0 Å². The zero-order chi connectivity index (χ0) is 13.0. The normalized spacial score (nSPS) is 23.6. The van der Waals surface area contributed by atoms with Crippen LogP contribution in [-0.4, -0.2) is 23.5 Å². The van der Waals surface area contributed by atoms with Crippen molar-refractivity contribution in [2.75, 3.05) is 6.54 Å². The van der Waals surface area contributed by atoms with Gasteiger partial charge < -0.3 is 16.0 Å². The molecule has 0 radical (unpaired) electrons. The van der Waals surface area contributed by atoms with Crippen molar-refractivity contribution in [3.63, 3.8) is 0 Å². The van der Waals surface area contributed by atoms with Crippen LogP contribution in [0.5, 0.6) is 0 Å². The second-order valence-electron chi connectivity index (χ2n) is 4.93. The van der Waals surface area contributed by atoms with Crippen molar-refractivity contribution in [1.29, 1.82) is 0 Å². The summed E-state index contributed by atoms with van der Waals surface area (Å²) in [6, 6.07) is 3.24. The summed E-state index contributed by atoms with van der Waals surface area (Å²) in [7, 11) is 0. The lowest BCUT2D eigenvalue weighted by Gasteiger charge is -2.26. The number of amides is 1. The van der Waals surface area contributed by atoms with Gasteiger partial charge in [-0.15, -0.1) is 0 Å². The van der Waals surface area contributed by atoms with E-state index in [-0.39, 0.29) is 11.5 Å². The van der Waals surface area contributed by atoms with E-state index in [4.69, 9.17) is 5.73 Å². The van der Waals surface area contributed by atoms with Crippen LogP contribution in [0, 0.1) is 5.92 Å². The molecule has 4 N–H and O–H groups in total. The Morgan fingerprint density at radius 1 is 1.39 bits per heavy atom. The molecule has 1 amide bonds. The molecule has 98 valence electrons. The fraction of sp³-hybridized carbons (Fsp3) is 0.538. The summed E-state index contributed by atoms with van der Waals surface area (Å²) in [4.78, 5) is 25.4. The molecule has 1 aromatic rings. The van der Waals surface area contributed by atoms with E-state index in [1.807, 2.05) is 0 Å². The van der Waals surface area contributed by atoms with Gasteiger partial charge in [-0.05, 0) is 37.7 Å². The number of hydrogen-bond acceptors (Lipinski definition) is 3. The van der Waals surface area contributed by atoms with Gasteiger partial charge in [0.25, 0.3) is 5.91 Å². The van der Waals surface area contributed by atoms with E-state index in [1.165, 1.54) is 12.3 Å². The maximum atomic E-state index is 11.8. The highest BCUT2D eigenvalue weighted by molar-refractivity contribution is 5.93. The van der Waals surface area contributed by atoms with Crippen molar-refractivity contribution in [3.05, 3.63) is 34.2 Å². The number of carbonyl (C=O) groups is 1. The van der Waals surface area contributed by atoms with Crippen molar-refractivity contribution in [2.24, 2.45) is 11.7 Å². The Kier molecular flexibility index (Phi) is 4.15. The number of rotatable bonds is 3. The fourth-order valence-electron chi connectivity index (χ4n) is 2.32. The molecule has 1 aliphatic rings. The SMILES string of the molecule is NC1CCC(CNC(=O)c2cc[nH]c(=O)c2)CC1. The molecule has 0 aliphatic heterocycles. The van der Waals surface area contributed by atoms with Gasteiger partial charge in [0, 0.05) is 30.4 Å². The van der Waals surface area contributed by atoms with Gasteiger partial charge in [0.1, 0.15) is 0 Å². The smallest absolute Gasteiger partial charge is 0.251 e. The van der Waals surface area contributed by atoms with E-state index in [0.717, 1.165) is 25.7 Å². The minimum Gasteiger partial charge on any atom is -0.352 e. The summed E-state index contributed by atoms with van der Waals surface area (Å²) < 4.78 is 0. The molecular formula is C13H19N3O2. The van der Waals surface area contributed by atoms with Gasteiger partial charge in [0.05, 0.1) is 0 Å². The van der Waals surface area contributed by atoms with E-state index >= 15 is 0 Å². The quantitative estimate of drug-likeness (QED) is 0.734. The third kappa shape index (κ3) is 3.43. The van der Waals surface area contributed by atoms with E-state index in [0.29, 0.717) is 24.1 Å². The van der Waals surface area contributed by atoms with E-state index in [9.17, 15) is 9.59 Å². The zero-order valence-corrected chi connectivity index (χ0v) is 10.3.